The second-order valence-electron chi connectivity index (χ2n) is 9.66. The number of rotatable bonds is 8. The van der Waals surface area contributed by atoms with Crippen LogP contribution in [0.25, 0.3) is 0 Å². The number of halogens is 5. The molecule has 2 amide bonds. The molecule has 2 aromatic carbocycles. The monoisotopic (exact) mass is 577 g/mol. The summed E-state index contributed by atoms with van der Waals surface area (Å²) in [4.78, 5) is 31.7. The van der Waals surface area contributed by atoms with Crippen molar-refractivity contribution in [2.45, 2.75) is 49.9 Å². The molecule has 1 aliphatic heterocycles. The van der Waals surface area contributed by atoms with E-state index in [1.807, 2.05) is 0 Å². The standard InChI is InChI=1S/C27H24ClF4N5O3/c28-21-7-2-1-6-20(21)25(26(39)34-18-13-27(31,32)14-18)36(19-5-3-4-16(29)12-19)37(40)23-10-11-24(38)35(23)22-9-8-17(30)15-33-22/h1-9,12,15,18,23,25,40H,10-11,13-14H2,(H,34,39)/t23-,25+/m1/s1. The van der Waals surface area contributed by atoms with Crippen LogP contribution in [0.3, 0.4) is 0 Å². The Morgan fingerprint density at radius 3 is 2.50 bits per heavy atom. The maximum atomic E-state index is 14.5. The number of anilines is 2. The lowest BCUT2D eigenvalue weighted by Crippen LogP contribution is -2.59. The van der Waals surface area contributed by atoms with E-state index in [1.54, 1.807) is 12.1 Å². The number of benzene rings is 2. The van der Waals surface area contributed by atoms with Gasteiger partial charge < -0.3 is 5.32 Å². The zero-order valence-corrected chi connectivity index (χ0v) is 21.6. The lowest BCUT2D eigenvalue weighted by molar-refractivity contribution is -0.153. The van der Waals surface area contributed by atoms with Crippen molar-refractivity contribution in [3.63, 3.8) is 0 Å². The van der Waals surface area contributed by atoms with Crippen molar-refractivity contribution in [1.29, 1.82) is 0 Å². The van der Waals surface area contributed by atoms with Crippen LogP contribution in [0, 0.1) is 11.6 Å². The third-order valence-electron chi connectivity index (χ3n) is 6.83. The number of amides is 2. The first-order chi connectivity index (χ1) is 19.0. The van der Waals surface area contributed by atoms with Crippen LogP contribution in [0.1, 0.15) is 37.3 Å². The van der Waals surface area contributed by atoms with E-state index in [2.05, 4.69) is 10.3 Å². The SMILES string of the molecule is O=C(NC1CC(F)(F)C1)[C@H](c1ccccc1Cl)N(c1cccc(F)c1)N(O)[C@@H]1CCC(=O)N1c1ccc(F)cn1. The van der Waals surface area contributed by atoms with Gasteiger partial charge in [0, 0.05) is 35.9 Å². The molecule has 8 nitrogen and oxygen atoms in total. The van der Waals surface area contributed by atoms with Gasteiger partial charge in [-0.3, -0.25) is 24.7 Å². The summed E-state index contributed by atoms with van der Waals surface area (Å²) in [5.74, 6) is -5.40. The Labute approximate surface area is 231 Å². The molecule has 1 saturated heterocycles. The lowest BCUT2D eigenvalue weighted by Gasteiger charge is -2.43. The molecule has 0 radical (unpaired) electrons. The number of hydrogen-bond acceptors (Lipinski definition) is 6. The third-order valence-corrected chi connectivity index (χ3v) is 7.18. The summed E-state index contributed by atoms with van der Waals surface area (Å²) in [5.41, 5.74) is 0.194. The van der Waals surface area contributed by atoms with Gasteiger partial charge in [0.15, 0.2) is 6.04 Å². The van der Waals surface area contributed by atoms with Gasteiger partial charge in [-0.25, -0.2) is 22.5 Å². The highest BCUT2D eigenvalue weighted by Gasteiger charge is 2.48. The molecule has 1 aromatic heterocycles. The number of hydrazine groups is 1. The Morgan fingerprint density at radius 1 is 1.10 bits per heavy atom. The average molecular weight is 578 g/mol. The van der Waals surface area contributed by atoms with E-state index >= 15 is 0 Å². The van der Waals surface area contributed by atoms with Crippen LogP contribution in [0.5, 0.6) is 0 Å². The van der Waals surface area contributed by atoms with E-state index in [-0.39, 0.29) is 34.9 Å². The number of carbonyl (C=O) groups is 2. The lowest BCUT2D eigenvalue weighted by atomic mass is 9.88. The fourth-order valence-electron chi connectivity index (χ4n) is 4.95. The number of pyridine rings is 1. The summed E-state index contributed by atoms with van der Waals surface area (Å²) in [7, 11) is 0. The Balaban J connectivity index is 1.59. The van der Waals surface area contributed by atoms with Gasteiger partial charge in [0.05, 0.1) is 11.9 Å². The molecular formula is C27H24ClF4N5O3. The largest absolute Gasteiger partial charge is 0.351 e. The van der Waals surface area contributed by atoms with Crippen LogP contribution in [0.4, 0.5) is 29.1 Å². The first-order valence-corrected chi connectivity index (χ1v) is 12.8. The molecule has 5 rings (SSSR count). The van der Waals surface area contributed by atoms with Gasteiger partial charge in [-0.15, -0.1) is 0 Å². The third kappa shape index (κ3) is 5.60. The number of aromatic nitrogens is 1. The molecule has 0 unspecified atom stereocenters. The van der Waals surface area contributed by atoms with Crippen LogP contribution in [-0.4, -0.2) is 45.3 Å². The number of hydroxylamine groups is 1. The molecule has 2 heterocycles. The Morgan fingerprint density at radius 2 is 1.85 bits per heavy atom. The molecule has 2 fully saturated rings. The first kappa shape index (κ1) is 27.8. The first-order valence-electron chi connectivity index (χ1n) is 12.4. The number of alkyl halides is 2. The molecule has 3 aromatic rings. The van der Waals surface area contributed by atoms with Gasteiger partial charge in [-0.2, -0.15) is 0 Å². The van der Waals surface area contributed by atoms with Crippen LogP contribution in [0.15, 0.2) is 66.9 Å². The summed E-state index contributed by atoms with van der Waals surface area (Å²) in [6.45, 7) is 0. The van der Waals surface area contributed by atoms with Gasteiger partial charge in [0.25, 0.3) is 5.92 Å². The van der Waals surface area contributed by atoms with Crippen molar-refractivity contribution in [1.82, 2.24) is 15.5 Å². The smallest absolute Gasteiger partial charge is 0.252 e. The van der Waals surface area contributed by atoms with Crippen molar-refractivity contribution in [3.05, 3.63) is 89.1 Å². The van der Waals surface area contributed by atoms with Crippen molar-refractivity contribution < 1.29 is 32.4 Å². The second-order valence-corrected chi connectivity index (χ2v) is 10.1. The normalized spacial score (nSPS) is 19.4. The molecule has 2 aliphatic rings. The minimum absolute atomic E-state index is 0.00729. The quantitative estimate of drug-likeness (QED) is 0.281. The molecule has 40 heavy (non-hydrogen) atoms. The Bertz CT molecular complexity index is 1400. The van der Waals surface area contributed by atoms with Gasteiger partial charge in [0.2, 0.25) is 11.8 Å². The zero-order valence-electron chi connectivity index (χ0n) is 20.9. The maximum Gasteiger partial charge on any atom is 0.252 e. The predicted octanol–water partition coefficient (Wildman–Crippen LogP) is 5.23. The molecule has 1 aliphatic carbocycles. The van der Waals surface area contributed by atoms with E-state index in [4.69, 9.17) is 11.6 Å². The summed E-state index contributed by atoms with van der Waals surface area (Å²) in [6.07, 6.45) is -1.31. The number of nitrogens with zero attached hydrogens (tertiary/aromatic N) is 4. The predicted molar refractivity (Wildman–Crippen MR) is 138 cm³/mol. The fraction of sp³-hybridized carbons (Fsp3) is 0.296. The highest BCUT2D eigenvalue weighted by Crippen LogP contribution is 2.40. The molecule has 0 spiro atoms. The summed E-state index contributed by atoms with van der Waals surface area (Å²) in [6, 6.07) is 11.3. The fourth-order valence-corrected chi connectivity index (χ4v) is 5.19. The maximum absolute atomic E-state index is 14.5. The van der Waals surface area contributed by atoms with Gasteiger partial charge in [-0.05, 0) is 42.8 Å². The van der Waals surface area contributed by atoms with Gasteiger partial charge in [-0.1, -0.05) is 41.0 Å². The van der Waals surface area contributed by atoms with Crippen LogP contribution >= 0.6 is 11.6 Å². The Hall–Kier alpha value is -3.74. The molecule has 2 atom stereocenters. The van der Waals surface area contributed by atoms with E-state index in [1.165, 1.54) is 30.3 Å². The van der Waals surface area contributed by atoms with E-state index in [9.17, 15) is 32.4 Å². The van der Waals surface area contributed by atoms with Crippen LogP contribution in [-0.2, 0) is 9.59 Å². The number of nitrogens with one attached hydrogen (secondary N) is 1. The Kier molecular flexibility index (Phi) is 7.67. The highest BCUT2D eigenvalue weighted by molar-refractivity contribution is 6.31. The summed E-state index contributed by atoms with van der Waals surface area (Å²) < 4.78 is 55.1. The summed E-state index contributed by atoms with van der Waals surface area (Å²) >= 11 is 6.47. The molecule has 210 valence electrons. The molecule has 0 bridgehead atoms. The van der Waals surface area contributed by atoms with Crippen molar-refractivity contribution >= 4 is 34.9 Å². The number of carbonyl (C=O) groups excluding carboxylic acids is 2. The molecular weight excluding hydrogens is 554 g/mol. The van der Waals surface area contributed by atoms with Gasteiger partial charge in [0.1, 0.15) is 23.6 Å². The van der Waals surface area contributed by atoms with Crippen molar-refractivity contribution in [2.75, 3.05) is 9.91 Å². The minimum atomic E-state index is -2.91. The zero-order chi connectivity index (χ0) is 28.6. The van der Waals surface area contributed by atoms with Crippen LogP contribution < -0.4 is 15.2 Å². The highest BCUT2D eigenvalue weighted by atomic mass is 35.5. The summed E-state index contributed by atoms with van der Waals surface area (Å²) in [5, 5.41) is 16.1. The topological polar surface area (TPSA) is 89.0 Å². The second kappa shape index (κ2) is 11.0. The van der Waals surface area contributed by atoms with Gasteiger partial charge >= 0.3 is 0 Å². The van der Waals surface area contributed by atoms with E-state index < -0.39 is 60.5 Å². The van der Waals surface area contributed by atoms with E-state index in [0.29, 0.717) is 5.17 Å². The molecule has 13 heteroatoms. The van der Waals surface area contributed by atoms with Crippen molar-refractivity contribution in [3.8, 4) is 0 Å². The average Bonchev–Trinajstić information content (AvgIpc) is 3.28. The van der Waals surface area contributed by atoms with Crippen molar-refractivity contribution in [2.24, 2.45) is 0 Å². The number of hydrogen-bond donors (Lipinski definition) is 2. The van der Waals surface area contributed by atoms with Crippen LogP contribution in [0.2, 0.25) is 5.02 Å². The molecule has 1 saturated carbocycles. The molecule has 2 N–H and O–H groups in total. The van der Waals surface area contributed by atoms with E-state index in [0.717, 1.165) is 34.3 Å². The minimum Gasteiger partial charge on any atom is -0.351 e.